The molecule has 2 unspecified atom stereocenters. The van der Waals surface area contributed by atoms with Crippen LogP contribution in [-0.4, -0.2) is 95.2 Å². The lowest BCUT2D eigenvalue weighted by Gasteiger charge is -2.33. The fourth-order valence-corrected chi connectivity index (χ4v) is 7.91. The van der Waals surface area contributed by atoms with Crippen molar-refractivity contribution in [1.82, 2.24) is 30.1 Å². The fraction of sp³-hybridized carbons (Fsp3) is 0.471. The molecule has 2 aromatic heterocycles. The van der Waals surface area contributed by atoms with Crippen molar-refractivity contribution in [3.63, 3.8) is 0 Å². The number of nitrogens with zero attached hydrogens (tertiary/aromatic N) is 5. The number of aromatic amines is 1. The van der Waals surface area contributed by atoms with E-state index >= 15 is 4.39 Å². The average molecular weight is 715 g/mol. The molecule has 1 aliphatic carbocycles. The van der Waals surface area contributed by atoms with E-state index in [0.717, 1.165) is 42.7 Å². The SMILES string of the molecule is C#C.C1CC1C1CN1.F[C@@H]1CC2CCCN2C1.Nc1nc2c(-c3c(Cl)cc4c(N5CCN(C=O)CC5)nc(=O)[nH]c4c3F)ccc(F)c2s1. The summed E-state index contributed by atoms with van der Waals surface area (Å²) in [6.07, 6.45) is 14.6. The topological polar surface area (TPSA) is 133 Å². The second-order valence-electron chi connectivity index (χ2n) is 12.8. The lowest BCUT2D eigenvalue weighted by Crippen LogP contribution is -2.46. The molecule has 0 radical (unpaired) electrons. The standard InChI is InChI=1S/C20H15ClF2N6O2S.C7H12FN.C5H9N.C2H2/c21-11-7-10-15(26-20(31)27-18(10)29-5-3-28(8-30)4-6-29)14(23)13(11)9-1-2-12(22)17-16(9)25-19(24)32-17;8-6-4-7-2-1-3-9(7)5-6;1-2-4(1)5-3-6-5;1-2/h1-2,7-8H,3-6H2,(H2,24,25)(H,26,27,31);6-7H,1-5H2;4-6H,1-3H2;1-2H/t;6-,7?;;/m.1../s1. The molecule has 49 heavy (non-hydrogen) atoms. The summed E-state index contributed by atoms with van der Waals surface area (Å²) in [5.41, 5.74) is 5.38. The van der Waals surface area contributed by atoms with E-state index in [1.54, 1.807) is 4.90 Å². The van der Waals surface area contributed by atoms with E-state index in [1.165, 1.54) is 50.4 Å². The normalized spacial score (nSPS) is 22.8. The Balaban J connectivity index is 0.000000197. The van der Waals surface area contributed by atoms with Crippen molar-refractivity contribution in [1.29, 1.82) is 0 Å². The molecule has 1 amide bonds. The summed E-state index contributed by atoms with van der Waals surface area (Å²) in [4.78, 5) is 39.6. The molecule has 4 N–H and O–H groups in total. The number of hydrogen-bond acceptors (Lipinski definition) is 9. The van der Waals surface area contributed by atoms with Crippen LogP contribution < -0.4 is 21.6 Å². The molecule has 260 valence electrons. The zero-order chi connectivity index (χ0) is 34.8. The van der Waals surface area contributed by atoms with Crippen molar-refractivity contribution < 1.29 is 18.0 Å². The van der Waals surface area contributed by atoms with Gasteiger partial charge in [-0.15, -0.1) is 12.8 Å². The first-order valence-corrected chi connectivity index (χ1v) is 17.6. The van der Waals surface area contributed by atoms with Crippen LogP contribution in [0.4, 0.5) is 24.1 Å². The van der Waals surface area contributed by atoms with Crippen molar-refractivity contribution in [3.8, 4) is 24.0 Å². The number of halogens is 4. The zero-order valence-electron chi connectivity index (χ0n) is 26.8. The number of carbonyl (C=O) groups excluding carboxylic acids is 1. The lowest BCUT2D eigenvalue weighted by atomic mass is 10.0. The molecule has 4 aliphatic heterocycles. The summed E-state index contributed by atoms with van der Waals surface area (Å²) in [5, 5.41) is 3.81. The number of aromatic nitrogens is 3. The summed E-state index contributed by atoms with van der Waals surface area (Å²) >= 11 is 7.46. The van der Waals surface area contributed by atoms with E-state index < -0.39 is 23.5 Å². The number of hydrogen-bond donors (Lipinski definition) is 3. The molecule has 15 heteroatoms. The number of fused-ring (bicyclic) bond motifs is 3. The summed E-state index contributed by atoms with van der Waals surface area (Å²) in [7, 11) is 0. The fourth-order valence-electron chi connectivity index (χ4n) is 6.86. The first kappa shape index (κ1) is 34.9. The zero-order valence-corrected chi connectivity index (χ0v) is 28.4. The van der Waals surface area contributed by atoms with Gasteiger partial charge in [0.05, 0.1) is 20.8 Å². The largest absolute Gasteiger partial charge is 0.375 e. The van der Waals surface area contributed by atoms with Crippen molar-refractivity contribution in [2.24, 2.45) is 5.92 Å². The van der Waals surface area contributed by atoms with Crippen LogP contribution >= 0.6 is 22.9 Å². The minimum atomic E-state index is -0.778. The van der Waals surface area contributed by atoms with E-state index in [0.29, 0.717) is 44.2 Å². The molecule has 1 saturated carbocycles. The molecule has 5 aliphatic rings. The number of carbonyl (C=O) groups is 1. The molecule has 3 atom stereocenters. The van der Waals surface area contributed by atoms with Gasteiger partial charge in [-0.2, -0.15) is 4.98 Å². The number of nitrogens with two attached hydrogens (primary N) is 1. The van der Waals surface area contributed by atoms with Gasteiger partial charge >= 0.3 is 5.69 Å². The Kier molecular flexibility index (Phi) is 10.6. The number of anilines is 2. The minimum absolute atomic E-state index is 0.0203. The Morgan fingerprint density at radius 2 is 1.82 bits per heavy atom. The Morgan fingerprint density at radius 1 is 1.08 bits per heavy atom. The van der Waals surface area contributed by atoms with Gasteiger partial charge in [0.2, 0.25) is 6.41 Å². The third-order valence-electron chi connectivity index (χ3n) is 9.53. The lowest BCUT2D eigenvalue weighted by molar-refractivity contribution is -0.118. The predicted molar refractivity (Wildman–Crippen MR) is 189 cm³/mol. The smallest absolute Gasteiger partial charge is 0.347 e. The van der Waals surface area contributed by atoms with Crippen LogP contribution in [-0.2, 0) is 4.79 Å². The molecule has 10 nitrogen and oxygen atoms in total. The monoisotopic (exact) mass is 714 g/mol. The van der Waals surface area contributed by atoms with E-state index in [4.69, 9.17) is 17.3 Å². The number of piperazine rings is 1. The van der Waals surface area contributed by atoms with Crippen molar-refractivity contribution in [3.05, 3.63) is 45.3 Å². The third kappa shape index (κ3) is 7.65. The number of thiazole rings is 1. The number of terminal acetylenes is 1. The maximum Gasteiger partial charge on any atom is 0.347 e. The average Bonchev–Trinajstić information content (AvgIpc) is 4.01. The molecular formula is C34H38ClF3N8O2S. The van der Waals surface area contributed by atoms with Gasteiger partial charge in [-0.25, -0.2) is 22.9 Å². The van der Waals surface area contributed by atoms with E-state index in [1.807, 2.05) is 4.90 Å². The van der Waals surface area contributed by atoms with Gasteiger partial charge in [-0.1, -0.05) is 22.9 Å². The molecule has 4 aromatic rings. The van der Waals surface area contributed by atoms with E-state index in [2.05, 4.69) is 38.0 Å². The summed E-state index contributed by atoms with van der Waals surface area (Å²) in [6.45, 7) is 4.93. The van der Waals surface area contributed by atoms with Gasteiger partial charge in [0.25, 0.3) is 0 Å². The van der Waals surface area contributed by atoms with Crippen molar-refractivity contribution in [2.75, 3.05) is 56.4 Å². The van der Waals surface area contributed by atoms with Crippen LogP contribution in [0.15, 0.2) is 23.0 Å². The Hall–Kier alpha value is -3.90. The Morgan fingerprint density at radius 3 is 2.45 bits per heavy atom. The Bertz CT molecular complexity index is 1880. The van der Waals surface area contributed by atoms with Gasteiger partial charge in [-0.05, 0) is 62.8 Å². The number of H-pyrrole nitrogens is 1. The van der Waals surface area contributed by atoms with Gasteiger partial charge in [0, 0.05) is 67.9 Å². The molecule has 0 bridgehead atoms. The maximum atomic E-state index is 15.8. The number of nitrogen functional groups attached to an aromatic ring is 1. The molecule has 5 fully saturated rings. The van der Waals surface area contributed by atoms with Crippen molar-refractivity contribution >= 4 is 61.4 Å². The number of amides is 1. The molecule has 4 saturated heterocycles. The van der Waals surface area contributed by atoms with Crippen LogP contribution in [0.1, 0.15) is 32.1 Å². The molecule has 6 heterocycles. The molecule has 9 rings (SSSR count). The second-order valence-corrected chi connectivity index (χ2v) is 14.2. The highest BCUT2D eigenvalue weighted by molar-refractivity contribution is 7.22. The molecular weight excluding hydrogens is 677 g/mol. The number of nitrogens with one attached hydrogen (secondary N) is 2. The van der Waals surface area contributed by atoms with Crippen LogP contribution in [0.5, 0.6) is 0 Å². The van der Waals surface area contributed by atoms with Crippen molar-refractivity contribution in [2.45, 2.75) is 50.4 Å². The van der Waals surface area contributed by atoms with Gasteiger partial charge in [0.1, 0.15) is 17.8 Å². The Labute approximate surface area is 290 Å². The van der Waals surface area contributed by atoms with E-state index in [-0.39, 0.29) is 42.8 Å². The van der Waals surface area contributed by atoms with Crippen LogP contribution in [0.25, 0.3) is 32.2 Å². The summed E-state index contributed by atoms with van der Waals surface area (Å²) < 4.78 is 42.8. The first-order chi connectivity index (χ1) is 23.7. The number of benzene rings is 2. The highest BCUT2D eigenvalue weighted by Crippen LogP contribution is 2.42. The summed E-state index contributed by atoms with van der Waals surface area (Å²) in [6, 6.07) is 5.67. The predicted octanol–water partition coefficient (Wildman–Crippen LogP) is 4.80. The highest BCUT2D eigenvalue weighted by atomic mass is 35.5. The van der Waals surface area contributed by atoms with Crippen LogP contribution in [0.3, 0.4) is 0 Å². The second kappa shape index (κ2) is 14.9. The quantitative estimate of drug-likeness (QED) is 0.156. The number of alkyl halides is 1. The van der Waals surface area contributed by atoms with Crippen LogP contribution in [0, 0.1) is 30.4 Å². The highest BCUT2D eigenvalue weighted by Gasteiger charge is 2.37. The van der Waals surface area contributed by atoms with Gasteiger partial charge < -0.3 is 25.8 Å². The van der Waals surface area contributed by atoms with Gasteiger partial charge in [-0.3, -0.25) is 9.69 Å². The number of rotatable bonds is 4. The molecule has 0 spiro atoms. The maximum absolute atomic E-state index is 15.8. The minimum Gasteiger partial charge on any atom is -0.375 e. The first-order valence-electron chi connectivity index (χ1n) is 16.4. The molecule has 2 aromatic carbocycles. The van der Waals surface area contributed by atoms with Crippen LogP contribution in [0.2, 0.25) is 5.02 Å². The van der Waals surface area contributed by atoms with E-state index in [9.17, 15) is 18.4 Å². The third-order valence-corrected chi connectivity index (χ3v) is 10.7. The van der Waals surface area contributed by atoms with Gasteiger partial charge in [0.15, 0.2) is 10.9 Å². The summed E-state index contributed by atoms with van der Waals surface area (Å²) in [5.74, 6) is 0.0812.